The lowest BCUT2D eigenvalue weighted by atomic mass is 10.1. The minimum Gasteiger partial charge on any atom is -0.481 e. The van der Waals surface area contributed by atoms with Gasteiger partial charge in [0.1, 0.15) is 0 Å². The van der Waals surface area contributed by atoms with Crippen LogP contribution in [0, 0.1) is 0 Å². The van der Waals surface area contributed by atoms with E-state index in [1.807, 2.05) is 13.8 Å². The summed E-state index contributed by atoms with van der Waals surface area (Å²) < 4.78 is 0. The second-order valence-corrected chi connectivity index (χ2v) is 3.73. The van der Waals surface area contributed by atoms with Crippen molar-refractivity contribution in [2.24, 2.45) is 0 Å². The van der Waals surface area contributed by atoms with E-state index in [0.29, 0.717) is 6.42 Å². The first kappa shape index (κ1) is 21.3. The molecule has 0 bridgehead atoms. The number of rotatable bonds is 7. The topological polar surface area (TPSA) is 37.3 Å². The molecule has 2 heteroatoms. The maximum Gasteiger partial charge on any atom is 0.303 e. The van der Waals surface area contributed by atoms with E-state index in [-0.39, 0.29) is 0 Å². The molecule has 0 aliphatic rings. The fourth-order valence-corrected chi connectivity index (χ4v) is 1.06. The Bertz CT molecular complexity index is 156. The lowest BCUT2D eigenvalue weighted by Crippen LogP contribution is -1.93. The van der Waals surface area contributed by atoms with Gasteiger partial charge < -0.3 is 5.11 Å². The Morgan fingerprint density at radius 1 is 1.00 bits per heavy atom. The minimum absolute atomic E-state index is 0.339. The van der Waals surface area contributed by atoms with E-state index in [4.69, 9.17) is 5.11 Å². The van der Waals surface area contributed by atoms with E-state index < -0.39 is 5.97 Å². The molecular weight excluding hydrogens is 212 g/mol. The average Bonchev–Trinajstić information content (AvgIpc) is 2.25. The van der Waals surface area contributed by atoms with Crippen molar-refractivity contribution in [3.63, 3.8) is 0 Å². The molecule has 0 atom stereocenters. The molecule has 0 aromatic rings. The van der Waals surface area contributed by atoms with Crippen LogP contribution in [-0.4, -0.2) is 11.1 Å². The van der Waals surface area contributed by atoms with Gasteiger partial charge in [-0.15, -0.1) is 13.2 Å². The zero-order valence-corrected chi connectivity index (χ0v) is 11.9. The van der Waals surface area contributed by atoms with Crippen molar-refractivity contribution in [2.45, 2.75) is 65.7 Å². The van der Waals surface area contributed by atoms with Crippen LogP contribution in [0.5, 0.6) is 0 Å². The highest BCUT2D eigenvalue weighted by atomic mass is 16.4. The summed E-state index contributed by atoms with van der Waals surface area (Å²) in [6, 6.07) is 0. The van der Waals surface area contributed by atoms with Gasteiger partial charge in [0.05, 0.1) is 0 Å². The van der Waals surface area contributed by atoms with Crippen molar-refractivity contribution in [3.8, 4) is 0 Å². The Hall–Kier alpha value is -1.05. The minimum atomic E-state index is -0.666. The maximum atomic E-state index is 10.1. The molecule has 0 amide bonds. The molecule has 0 fully saturated rings. The summed E-state index contributed by atoms with van der Waals surface area (Å²) in [6.07, 6.45) is 10.8. The predicted octanol–water partition coefficient (Wildman–Crippen LogP) is 5.21. The van der Waals surface area contributed by atoms with E-state index in [9.17, 15) is 4.79 Å². The number of carboxylic acids is 1. The summed E-state index contributed by atoms with van der Waals surface area (Å²) in [4.78, 5) is 10.1. The van der Waals surface area contributed by atoms with Gasteiger partial charge in [-0.2, -0.15) is 0 Å². The van der Waals surface area contributed by atoms with Crippen LogP contribution >= 0.6 is 0 Å². The quantitative estimate of drug-likeness (QED) is 0.491. The van der Waals surface area contributed by atoms with Crippen molar-refractivity contribution in [3.05, 3.63) is 25.3 Å². The third kappa shape index (κ3) is 51.9. The molecule has 0 aromatic heterocycles. The van der Waals surface area contributed by atoms with Gasteiger partial charge in [-0.1, -0.05) is 51.2 Å². The first-order valence-electron chi connectivity index (χ1n) is 6.46. The van der Waals surface area contributed by atoms with E-state index in [1.54, 1.807) is 12.2 Å². The Labute approximate surface area is 107 Å². The van der Waals surface area contributed by atoms with Gasteiger partial charge in [0.25, 0.3) is 0 Å². The molecule has 0 spiro atoms. The fourth-order valence-electron chi connectivity index (χ4n) is 1.06. The summed E-state index contributed by atoms with van der Waals surface area (Å²) >= 11 is 0. The van der Waals surface area contributed by atoms with Crippen molar-refractivity contribution in [1.29, 1.82) is 0 Å². The molecule has 0 saturated carbocycles. The lowest BCUT2D eigenvalue weighted by Gasteiger charge is -1.97. The summed E-state index contributed by atoms with van der Waals surface area (Å²) in [7, 11) is 0. The van der Waals surface area contributed by atoms with Crippen LogP contribution in [-0.2, 0) is 4.79 Å². The van der Waals surface area contributed by atoms with Crippen molar-refractivity contribution < 1.29 is 9.90 Å². The third-order valence-corrected chi connectivity index (χ3v) is 1.74. The van der Waals surface area contributed by atoms with Gasteiger partial charge in [-0.05, 0) is 20.3 Å². The first-order valence-corrected chi connectivity index (χ1v) is 6.46. The Balaban J connectivity index is -0.000000273. The molecule has 0 saturated heterocycles. The molecule has 0 aliphatic heterocycles. The molecule has 0 heterocycles. The summed E-state index contributed by atoms with van der Waals surface area (Å²) in [5, 5.41) is 8.32. The predicted molar refractivity (Wildman–Crippen MR) is 77.4 cm³/mol. The standard InChI is InChI=1S/C9H18O2.2C3H6/c1-2-3-4-5-6-7-8-9(10)11;2*1-3-2/h2-8H2,1H3,(H,10,11);2*3H,1H2,2H3. The second-order valence-electron chi connectivity index (χ2n) is 3.73. The van der Waals surface area contributed by atoms with Gasteiger partial charge in [0.2, 0.25) is 0 Å². The highest BCUT2D eigenvalue weighted by Gasteiger charge is 1.95. The molecule has 0 unspecified atom stereocenters. The number of carboxylic acid groups (broad SMARTS) is 1. The number of allylic oxidation sites excluding steroid dienone is 2. The van der Waals surface area contributed by atoms with Gasteiger partial charge in [0, 0.05) is 6.42 Å². The molecule has 2 nitrogen and oxygen atoms in total. The van der Waals surface area contributed by atoms with Crippen LogP contribution in [0.25, 0.3) is 0 Å². The van der Waals surface area contributed by atoms with Crippen LogP contribution < -0.4 is 0 Å². The van der Waals surface area contributed by atoms with E-state index in [1.165, 1.54) is 25.7 Å². The zero-order chi connectivity index (χ0) is 13.9. The van der Waals surface area contributed by atoms with E-state index in [2.05, 4.69) is 20.1 Å². The van der Waals surface area contributed by atoms with Gasteiger partial charge >= 0.3 is 5.97 Å². The third-order valence-electron chi connectivity index (χ3n) is 1.74. The fraction of sp³-hybridized carbons (Fsp3) is 0.667. The molecule has 0 aromatic carbocycles. The van der Waals surface area contributed by atoms with Crippen molar-refractivity contribution in [1.82, 2.24) is 0 Å². The summed E-state index contributed by atoms with van der Waals surface area (Å²) in [5.41, 5.74) is 0. The van der Waals surface area contributed by atoms with Gasteiger partial charge in [-0.25, -0.2) is 0 Å². The Morgan fingerprint density at radius 3 is 1.71 bits per heavy atom. The number of unbranched alkanes of at least 4 members (excludes halogenated alkanes) is 5. The first-order chi connectivity index (χ1) is 8.10. The average molecular weight is 242 g/mol. The molecule has 0 rings (SSSR count). The second kappa shape index (κ2) is 24.3. The molecule has 0 aliphatic carbocycles. The zero-order valence-electron chi connectivity index (χ0n) is 11.9. The van der Waals surface area contributed by atoms with Crippen LogP contribution in [0.15, 0.2) is 25.3 Å². The number of hydrogen-bond acceptors (Lipinski definition) is 1. The highest BCUT2D eigenvalue weighted by molar-refractivity contribution is 5.66. The Kier molecular flexibility index (Phi) is 30.3. The molecule has 1 N–H and O–H groups in total. The van der Waals surface area contributed by atoms with Crippen LogP contribution in [0.1, 0.15) is 65.7 Å². The summed E-state index contributed by atoms with van der Waals surface area (Å²) in [6.45, 7) is 12.7. The SMILES string of the molecule is C=CC.C=CC.CCCCCCCCC(=O)O. The maximum absolute atomic E-state index is 10.1. The molecule has 102 valence electrons. The highest BCUT2D eigenvalue weighted by Crippen LogP contribution is 2.06. The van der Waals surface area contributed by atoms with Gasteiger partial charge in [0.15, 0.2) is 0 Å². The van der Waals surface area contributed by atoms with E-state index >= 15 is 0 Å². The van der Waals surface area contributed by atoms with Gasteiger partial charge in [-0.3, -0.25) is 4.79 Å². The van der Waals surface area contributed by atoms with Crippen LogP contribution in [0.2, 0.25) is 0 Å². The lowest BCUT2D eigenvalue weighted by molar-refractivity contribution is -0.137. The van der Waals surface area contributed by atoms with E-state index in [0.717, 1.165) is 12.8 Å². The monoisotopic (exact) mass is 242 g/mol. The normalized spacial score (nSPS) is 7.94. The number of aliphatic carboxylic acids is 1. The summed E-state index contributed by atoms with van der Waals surface area (Å²) in [5.74, 6) is -0.666. The van der Waals surface area contributed by atoms with Crippen LogP contribution in [0.4, 0.5) is 0 Å². The van der Waals surface area contributed by atoms with Crippen molar-refractivity contribution >= 4 is 5.97 Å². The number of hydrogen-bond donors (Lipinski definition) is 1. The van der Waals surface area contributed by atoms with Crippen LogP contribution in [0.3, 0.4) is 0 Å². The Morgan fingerprint density at radius 2 is 1.35 bits per heavy atom. The van der Waals surface area contributed by atoms with Crippen molar-refractivity contribution in [2.75, 3.05) is 0 Å². The largest absolute Gasteiger partial charge is 0.481 e. The molecular formula is C15H30O2. The smallest absolute Gasteiger partial charge is 0.303 e. The molecule has 0 radical (unpaired) electrons. The number of carbonyl (C=O) groups is 1. The molecule has 17 heavy (non-hydrogen) atoms.